The molecule has 0 bridgehead atoms. The maximum atomic E-state index is 14.3. The van der Waals surface area contributed by atoms with Gasteiger partial charge in [0.2, 0.25) is 0 Å². The average Bonchev–Trinajstić information content (AvgIpc) is 3.62. The second-order valence-electron chi connectivity index (χ2n) is 7.33. The summed E-state index contributed by atoms with van der Waals surface area (Å²) in [6.45, 7) is 0.389. The van der Waals surface area contributed by atoms with Crippen LogP contribution in [0.3, 0.4) is 0 Å². The highest BCUT2D eigenvalue weighted by Gasteiger charge is 2.33. The monoisotopic (exact) mass is 420 g/mol. The number of amides is 2. The van der Waals surface area contributed by atoms with E-state index >= 15 is 0 Å². The first kappa shape index (κ1) is 20.5. The molecule has 0 atom stereocenters. The van der Waals surface area contributed by atoms with E-state index in [2.05, 4.69) is 15.3 Å². The number of carbonyl (C=O) groups is 2. The minimum absolute atomic E-state index is 0.112. The minimum Gasteiger partial charge on any atom is -0.497 e. The van der Waals surface area contributed by atoms with E-state index in [4.69, 9.17) is 4.74 Å². The molecule has 2 amide bonds. The Labute approximate surface area is 178 Å². The molecule has 31 heavy (non-hydrogen) atoms. The number of nitrogens with zero attached hydrogens (tertiary/aromatic N) is 3. The van der Waals surface area contributed by atoms with Crippen LogP contribution in [-0.4, -0.2) is 39.8 Å². The predicted octanol–water partition coefficient (Wildman–Crippen LogP) is 3.68. The van der Waals surface area contributed by atoms with Crippen LogP contribution < -0.4 is 10.1 Å². The fourth-order valence-electron chi connectivity index (χ4n) is 3.29. The Balaban J connectivity index is 1.55. The first-order chi connectivity index (χ1) is 15.0. The van der Waals surface area contributed by atoms with Gasteiger partial charge in [-0.15, -0.1) is 0 Å². The normalized spacial score (nSPS) is 12.8. The molecule has 0 unspecified atom stereocenters. The minimum atomic E-state index is -0.609. The van der Waals surface area contributed by atoms with Gasteiger partial charge in [0.15, 0.2) is 0 Å². The lowest BCUT2D eigenvalue weighted by molar-refractivity contribution is 0.0729. The summed E-state index contributed by atoms with van der Waals surface area (Å²) >= 11 is 0. The Morgan fingerprint density at radius 2 is 1.90 bits per heavy atom. The van der Waals surface area contributed by atoms with E-state index in [-0.39, 0.29) is 28.8 Å². The van der Waals surface area contributed by atoms with E-state index in [0.29, 0.717) is 12.3 Å². The van der Waals surface area contributed by atoms with Crippen molar-refractivity contribution in [1.29, 1.82) is 0 Å². The molecule has 1 aromatic heterocycles. The molecule has 7 nitrogen and oxygen atoms in total. The lowest BCUT2D eigenvalue weighted by Gasteiger charge is -2.23. The zero-order valence-electron chi connectivity index (χ0n) is 16.9. The SMILES string of the molecule is COc1cccc(CN(C(=O)c2cc(F)cc(NC(=O)c3cncnc3)c2)C2CC2)c1. The molecule has 1 saturated carbocycles. The van der Waals surface area contributed by atoms with Crippen LogP contribution in [0, 0.1) is 5.82 Å². The number of methoxy groups -OCH3 is 1. The molecule has 4 rings (SSSR count). The van der Waals surface area contributed by atoms with Gasteiger partial charge in [-0.05, 0) is 48.7 Å². The molecule has 1 heterocycles. The molecule has 8 heteroatoms. The van der Waals surface area contributed by atoms with Gasteiger partial charge in [-0.3, -0.25) is 9.59 Å². The van der Waals surface area contributed by atoms with Gasteiger partial charge in [0.25, 0.3) is 11.8 Å². The number of benzene rings is 2. The summed E-state index contributed by atoms with van der Waals surface area (Å²) in [4.78, 5) is 34.9. The fourth-order valence-corrected chi connectivity index (χ4v) is 3.29. The van der Waals surface area contributed by atoms with Crippen LogP contribution in [0.15, 0.2) is 61.2 Å². The molecule has 2 aromatic carbocycles. The van der Waals surface area contributed by atoms with Gasteiger partial charge >= 0.3 is 0 Å². The number of hydrogen-bond acceptors (Lipinski definition) is 5. The summed E-state index contributed by atoms with van der Waals surface area (Å²) in [5.74, 6) is -0.674. The predicted molar refractivity (Wildman–Crippen MR) is 112 cm³/mol. The number of carbonyl (C=O) groups excluding carboxylic acids is 2. The molecule has 0 aliphatic heterocycles. The second kappa shape index (κ2) is 8.91. The zero-order valence-corrected chi connectivity index (χ0v) is 16.9. The van der Waals surface area contributed by atoms with Crippen LogP contribution in [0.4, 0.5) is 10.1 Å². The third-order valence-corrected chi connectivity index (χ3v) is 4.96. The van der Waals surface area contributed by atoms with Crippen molar-refractivity contribution < 1.29 is 18.7 Å². The van der Waals surface area contributed by atoms with Crippen molar-refractivity contribution in [3.05, 3.63) is 83.7 Å². The summed E-state index contributed by atoms with van der Waals surface area (Å²) < 4.78 is 19.5. The fraction of sp³-hybridized carbons (Fsp3) is 0.217. The maximum absolute atomic E-state index is 14.3. The quantitative estimate of drug-likeness (QED) is 0.630. The number of aromatic nitrogens is 2. The van der Waals surface area contributed by atoms with Crippen molar-refractivity contribution in [1.82, 2.24) is 14.9 Å². The summed E-state index contributed by atoms with van der Waals surface area (Å²) in [6, 6.07) is 11.5. The van der Waals surface area contributed by atoms with E-state index < -0.39 is 11.7 Å². The Morgan fingerprint density at radius 1 is 1.13 bits per heavy atom. The first-order valence-corrected chi connectivity index (χ1v) is 9.84. The van der Waals surface area contributed by atoms with E-state index in [1.807, 2.05) is 24.3 Å². The van der Waals surface area contributed by atoms with Gasteiger partial charge in [-0.25, -0.2) is 14.4 Å². The molecule has 1 fully saturated rings. The summed E-state index contributed by atoms with van der Waals surface area (Å²) in [5.41, 5.74) is 1.52. The second-order valence-corrected chi connectivity index (χ2v) is 7.33. The molecule has 0 saturated heterocycles. The third-order valence-electron chi connectivity index (χ3n) is 4.96. The van der Waals surface area contributed by atoms with Gasteiger partial charge in [0.05, 0.1) is 12.7 Å². The summed E-state index contributed by atoms with van der Waals surface area (Å²) in [7, 11) is 1.59. The van der Waals surface area contributed by atoms with Gasteiger partial charge in [-0.1, -0.05) is 12.1 Å². The molecule has 0 radical (unpaired) electrons. The smallest absolute Gasteiger partial charge is 0.258 e. The number of ether oxygens (including phenoxy) is 1. The zero-order chi connectivity index (χ0) is 21.8. The average molecular weight is 420 g/mol. The van der Waals surface area contributed by atoms with Crippen molar-refractivity contribution >= 4 is 17.5 Å². The lowest BCUT2D eigenvalue weighted by atomic mass is 10.1. The highest BCUT2D eigenvalue weighted by molar-refractivity contribution is 6.04. The van der Waals surface area contributed by atoms with Crippen molar-refractivity contribution in [2.24, 2.45) is 0 Å². The van der Waals surface area contributed by atoms with Gasteiger partial charge in [0.1, 0.15) is 17.9 Å². The molecule has 1 N–H and O–H groups in total. The van der Waals surface area contributed by atoms with E-state index in [0.717, 1.165) is 18.4 Å². The Morgan fingerprint density at radius 3 is 2.61 bits per heavy atom. The molecular weight excluding hydrogens is 399 g/mol. The van der Waals surface area contributed by atoms with E-state index in [1.54, 1.807) is 12.0 Å². The standard InChI is InChI=1S/C23H21FN4O3/c1-31-21-4-2-3-15(7-21)13-28(20-5-6-20)23(30)16-8-18(24)10-19(9-16)27-22(29)17-11-25-14-26-12-17/h2-4,7-12,14,20H,5-6,13H2,1H3,(H,27,29). The van der Waals surface area contributed by atoms with Crippen LogP contribution in [0.25, 0.3) is 0 Å². The van der Waals surface area contributed by atoms with Crippen LogP contribution >= 0.6 is 0 Å². The van der Waals surface area contributed by atoms with Gasteiger partial charge in [-0.2, -0.15) is 0 Å². The van der Waals surface area contributed by atoms with Gasteiger partial charge in [0, 0.05) is 36.2 Å². The molecule has 1 aliphatic rings. The number of rotatable bonds is 7. The van der Waals surface area contributed by atoms with Crippen LogP contribution in [-0.2, 0) is 6.54 Å². The molecule has 1 aliphatic carbocycles. The maximum Gasteiger partial charge on any atom is 0.258 e. The third kappa shape index (κ3) is 5.03. The number of nitrogens with one attached hydrogen (secondary N) is 1. The van der Waals surface area contributed by atoms with Crippen LogP contribution in [0.5, 0.6) is 5.75 Å². The topological polar surface area (TPSA) is 84.4 Å². The largest absolute Gasteiger partial charge is 0.497 e. The number of halogens is 1. The molecule has 3 aromatic rings. The van der Waals surface area contributed by atoms with Crippen molar-refractivity contribution in [3.8, 4) is 5.75 Å². The van der Waals surface area contributed by atoms with E-state index in [9.17, 15) is 14.0 Å². The Bertz CT molecular complexity index is 1100. The number of hydrogen-bond donors (Lipinski definition) is 1. The molecule has 0 spiro atoms. The summed E-state index contributed by atoms with van der Waals surface area (Å²) in [6.07, 6.45) is 5.84. The first-order valence-electron chi connectivity index (χ1n) is 9.84. The lowest BCUT2D eigenvalue weighted by Crippen LogP contribution is -2.32. The van der Waals surface area contributed by atoms with Crippen molar-refractivity contribution in [2.75, 3.05) is 12.4 Å². The molecular formula is C23H21FN4O3. The Kier molecular flexibility index (Phi) is 5.88. The summed E-state index contributed by atoms with van der Waals surface area (Å²) in [5, 5.41) is 2.60. The van der Waals surface area contributed by atoms with E-state index in [1.165, 1.54) is 36.9 Å². The molecule has 158 valence electrons. The van der Waals surface area contributed by atoms with Crippen molar-refractivity contribution in [3.63, 3.8) is 0 Å². The number of anilines is 1. The van der Waals surface area contributed by atoms with Crippen LogP contribution in [0.2, 0.25) is 0 Å². The van der Waals surface area contributed by atoms with Crippen LogP contribution in [0.1, 0.15) is 39.1 Å². The highest BCUT2D eigenvalue weighted by Crippen LogP contribution is 2.31. The highest BCUT2D eigenvalue weighted by atomic mass is 19.1. The Hall–Kier alpha value is -3.81. The van der Waals surface area contributed by atoms with Gasteiger partial charge < -0.3 is 15.0 Å². The van der Waals surface area contributed by atoms with Crippen molar-refractivity contribution in [2.45, 2.75) is 25.4 Å².